The second kappa shape index (κ2) is 9.97. The predicted octanol–water partition coefficient (Wildman–Crippen LogP) is 5.27. The minimum absolute atomic E-state index is 0.0560. The van der Waals surface area contributed by atoms with Crippen LogP contribution in [0.1, 0.15) is 47.6 Å². The summed E-state index contributed by atoms with van der Waals surface area (Å²) >= 11 is 0. The minimum Gasteiger partial charge on any atom is -0.370 e. The zero-order valence-corrected chi connectivity index (χ0v) is 21.1. The molecule has 0 unspecified atom stereocenters. The van der Waals surface area contributed by atoms with Crippen molar-refractivity contribution in [3.8, 4) is 6.07 Å². The lowest BCUT2D eigenvalue weighted by Crippen LogP contribution is -2.53. The SMILES string of the molecule is CC(C)(F)[C@H](c1cc(F)cc(F)c1)C1CN(c2c(Cc3ccc(C#N)cc3)cccc2C2=NCC(=O)N2)C1. The van der Waals surface area contributed by atoms with E-state index in [9.17, 15) is 13.6 Å². The fourth-order valence-electron chi connectivity index (χ4n) is 5.62. The van der Waals surface area contributed by atoms with Gasteiger partial charge < -0.3 is 10.2 Å². The minimum atomic E-state index is -1.70. The van der Waals surface area contributed by atoms with E-state index in [1.807, 2.05) is 30.3 Å². The van der Waals surface area contributed by atoms with Crippen LogP contribution in [0.15, 0.2) is 65.7 Å². The Morgan fingerprint density at radius 2 is 1.79 bits per heavy atom. The average Bonchev–Trinajstić information content (AvgIpc) is 3.26. The van der Waals surface area contributed by atoms with Crippen molar-refractivity contribution in [1.29, 1.82) is 5.26 Å². The molecule has 1 N–H and O–H groups in total. The highest BCUT2D eigenvalue weighted by molar-refractivity contribution is 6.15. The Labute approximate surface area is 219 Å². The third-order valence-corrected chi connectivity index (χ3v) is 7.17. The molecule has 3 aromatic rings. The Hall–Kier alpha value is -4.12. The van der Waals surface area contributed by atoms with E-state index in [-0.39, 0.29) is 18.4 Å². The number of nitrogens with one attached hydrogen (secondary N) is 1. The molecule has 0 bridgehead atoms. The molecule has 2 aliphatic heterocycles. The molecule has 1 atom stereocenters. The van der Waals surface area contributed by atoms with Crippen LogP contribution >= 0.6 is 0 Å². The number of nitriles is 1. The van der Waals surface area contributed by atoms with Gasteiger partial charge in [0.05, 0.1) is 17.3 Å². The number of anilines is 1. The molecular weight excluding hydrogens is 489 g/mol. The number of hydrogen-bond acceptors (Lipinski definition) is 4. The molecule has 1 fully saturated rings. The quantitative estimate of drug-likeness (QED) is 0.465. The summed E-state index contributed by atoms with van der Waals surface area (Å²) in [5.41, 5.74) is 2.83. The Balaban J connectivity index is 1.48. The molecule has 2 aliphatic rings. The van der Waals surface area contributed by atoms with E-state index in [1.165, 1.54) is 26.0 Å². The third-order valence-electron chi connectivity index (χ3n) is 7.17. The Kier molecular flexibility index (Phi) is 6.70. The highest BCUT2D eigenvalue weighted by Crippen LogP contribution is 2.45. The van der Waals surface area contributed by atoms with E-state index in [4.69, 9.17) is 5.26 Å². The topological polar surface area (TPSA) is 68.5 Å². The summed E-state index contributed by atoms with van der Waals surface area (Å²) in [7, 11) is 0. The number of rotatable bonds is 7. The predicted molar refractivity (Wildman–Crippen MR) is 140 cm³/mol. The van der Waals surface area contributed by atoms with Gasteiger partial charge in [-0.05, 0) is 67.3 Å². The van der Waals surface area contributed by atoms with Crippen molar-refractivity contribution in [3.05, 3.63) is 100 Å². The average molecular weight is 517 g/mol. The second-order valence-corrected chi connectivity index (χ2v) is 10.4. The van der Waals surface area contributed by atoms with Gasteiger partial charge in [-0.1, -0.05) is 24.3 Å². The molecule has 2 heterocycles. The molecule has 38 heavy (non-hydrogen) atoms. The zero-order valence-electron chi connectivity index (χ0n) is 21.1. The van der Waals surface area contributed by atoms with Crippen LogP contribution in [0.2, 0.25) is 0 Å². The summed E-state index contributed by atoms with van der Waals surface area (Å²) < 4.78 is 43.5. The van der Waals surface area contributed by atoms with Crippen molar-refractivity contribution in [2.24, 2.45) is 10.9 Å². The van der Waals surface area contributed by atoms with E-state index in [0.717, 1.165) is 28.4 Å². The molecule has 3 aromatic carbocycles. The summed E-state index contributed by atoms with van der Waals surface area (Å²) in [6.07, 6.45) is 0.574. The van der Waals surface area contributed by atoms with Crippen LogP contribution in [0.25, 0.3) is 0 Å². The van der Waals surface area contributed by atoms with Gasteiger partial charge in [-0.3, -0.25) is 9.79 Å². The number of hydrogen-bond donors (Lipinski definition) is 1. The zero-order chi connectivity index (χ0) is 27.0. The molecule has 0 radical (unpaired) electrons. The molecule has 0 spiro atoms. The molecule has 5 nitrogen and oxygen atoms in total. The lowest BCUT2D eigenvalue weighted by molar-refractivity contribution is -0.117. The van der Waals surface area contributed by atoms with E-state index in [0.29, 0.717) is 36.5 Å². The summed E-state index contributed by atoms with van der Waals surface area (Å²) in [5.74, 6) is -2.04. The van der Waals surface area contributed by atoms with Gasteiger partial charge in [-0.15, -0.1) is 0 Å². The highest BCUT2D eigenvalue weighted by atomic mass is 19.1. The first kappa shape index (κ1) is 25.5. The Morgan fingerprint density at radius 3 is 2.37 bits per heavy atom. The monoisotopic (exact) mass is 516 g/mol. The first-order valence-corrected chi connectivity index (χ1v) is 12.5. The number of benzene rings is 3. The second-order valence-electron chi connectivity index (χ2n) is 10.4. The van der Waals surface area contributed by atoms with Gasteiger partial charge >= 0.3 is 0 Å². The number of carbonyl (C=O) groups is 1. The smallest absolute Gasteiger partial charge is 0.247 e. The maximum absolute atomic E-state index is 15.4. The fourth-order valence-corrected chi connectivity index (χ4v) is 5.62. The molecule has 1 saturated heterocycles. The molecule has 5 rings (SSSR count). The number of nitrogens with zero attached hydrogens (tertiary/aromatic N) is 3. The van der Waals surface area contributed by atoms with Gasteiger partial charge in [-0.2, -0.15) is 5.26 Å². The van der Waals surface area contributed by atoms with Gasteiger partial charge in [-0.25, -0.2) is 13.2 Å². The van der Waals surface area contributed by atoms with Crippen molar-refractivity contribution >= 4 is 17.4 Å². The number of alkyl halides is 1. The third kappa shape index (κ3) is 5.14. The lowest BCUT2D eigenvalue weighted by atomic mass is 9.72. The number of para-hydroxylation sites is 1. The van der Waals surface area contributed by atoms with Gasteiger partial charge in [0, 0.05) is 36.6 Å². The summed E-state index contributed by atoms with van der Waals surface area (Å²) in [4.78, 5) is 18.4. The van der Waals surface area contributed by atoms with Crippen molar-refractivity contribution in [2.75, 3.05) is 24.5 Å². The molecular formula is C30H27F3N4O. The fraction of sp³-hybridized carbons (Fsp3) is 0.300. The van der Waals surface area contributed by atoms with Gasteiger partial charge in [0.1, 0.15) is 29.7 Å². The number of carbonyl (C=O) groups excluding carboxylic acids is 1. The lowest BCUT2D eigenvalue weighted by Gasteiger charge is -2.48. The van der Waals surface area contributed by atoms with Crippen LogP contribution in [-0.2, 0) is 11.2 Å². The van der Waals surface area contributed by atoms with Crippen molar-refractivity contribution < 1.29 is 18.0 Å². The first-order chi connectivity index (χ1) is 18.1. The summed E-state index contributed by atoms with van der Waals surface area (Å²) in [6.45, 7) is 3.87. The van der Waals surface area contributed by atoms with Crippen molar-refractivity contribution in [1.82, 2.24) is 5.32 Å². The van der Waals surface area contributed by atoms with Crippen LogP contribution in [0.4, 0.5) is 18.9 Å². The number of halogens is 3. The molecule has 1 amide bonds. The van der Waals surface area contributed by atoms with Crippen LogP contribution in [0.3, 0.4) is 0 Å². The number of aliphatic imine (C=N–C) groups is 1. The van der Waals surface area contributed by atoms with Gasteiger partial charge in [0.15, 0.2) is 0 Å². The summed E-state index contributed by atoms with van der Waals surface area (Å²) in [6, 6.07) is 18.5. The Bertz CT molecular complexity index is 1430. The van der Waals surface area contributed by atoms with Crippen LogP contribution < -0.4 is 10.2 Å². The van der Waals surface area contributed by atoms with Crippen molar-refractivity contribution in [3.63, 3.8) is 0 Å². The Morgan fingerprint density at radius 1 is 1.11 bits per heavy atom. The highest BCUT2D eigenvalue weighted by Gasteiger charge is 2.44. The molecule has 0 aliphatic carbocycles. The van der Waals surface area contributed by atoms with Gasteiger partial charge in [0.2, 0.25) is 5.91 Å². The maximum atomic E-state index is 15.4. The van der Waals surface area contributed by atoms with Crippen LogP contribution in [-0.4, -0.2) is 37.0 Å². The molecule has 194 valence electrons. The molecule has 8 heteroatoms. The number of amides is 1. The summed E-state index contributed by atoms with van der Waals surface area (Å²) in [5, 5.41) is 11.9. The molecule has 0 aromatic heterocycles. The normalized spacial score (nSPS) is 16.5. The van der Waals surface area contributed by atoms with Crippen LogP contribution in [0, 0.1) is 28.9 Å². The maximum Gasteiger partial charge on any atom is 0.247 e. The number of amidine groups is 1. The standard InChI is InChI=1S/C30H27F3N4O/c1-30(2,33)27(21-11-23(31)13-24(32)12-21)22-16-37(17-22)28-20(10-18-6-8-19(14-34)9-7-18)4-3-5-25(28)29-35-15-26(38)36-29/h3-9,11-13,22,27H,10,15-17H2,1-2H3,(H,35,36,38)/t27-/m1/s1. The van der Waals surface area contributed by atoms with Crippen molar-refractivity contribution in [2.45, 2.75) is 31.9 Å². The van der Waals surface area contributed by atoms with E-state index in [2.05, 4.69) is 21.3 Å². The van der Waals surface area contributed by atoms with E-state index < -0.39 is 23.2 Å². The van der Waals surface area contributed by atoms with E-state index >= 15 is 4.39 Å². The van der Waals surface area contributed by atoms with Gasteiger partial charge in [0.25, 0.3) is 0 Å². The van der Waals surface area contributed by atoms with Crippen LogP contribution in [0.5, 0.6) is 0 Å². The van der Waals surface area contributed by atoms with E-state index in [1.54, 1.807) is 12.1 Å². The molecule has 0 saturated carbocycles. The first-order valence-electron chi connectivity index (χ1n) is 12.5. The largest absolute Gasteiger partial charge is 0.370 e.